The molecule has 0 saturated heterocycles. The summed E-state index contributed by atoms with van der Waals surface area (Å²) in [7, 11) is 3.08. The molecule has 0 aliphatic heterocycles. The van der Waals surface area contributed by atoms with E-state index in [9.17, 15) is 4.79 Å². The van der Waals surface area contributed by atoms with Crippen molar-refractivity contribution >= 4 is 23.5 Å². The molecule has 3 rings (SSSR count). The normalized spacial score (nSPS) is 11.0. The number of aromatic nitrogens is 2. The van der Waals surface area contributed by atoms with Crippen LogP contribution in [0.15, 0.2) is 54.6 Å². The van der Waals surface area contributed by atoms with Crippen molar-refractivity contribution in [1.82, 2.24) is 9.78 Å². The predicted octanol–water partition coefficient (Wildman–Crippen LogP) is 4.75. The molecule has 6 heteroatoms. The zero-order valence-corrected chi connectivity index (χ0v) is 16.0. The van der Waals surface area contributed by atoms with Crippen LogP contribution >= 0.6 is 11.6 Å². The third kappa shape index (κ3) is 3.88. The second-order valence-electron chi connectivity index (χ2n) is 5.80. The molecule has 27 heavy (non-hydrogen) atoms. The van der Waals surface area contributed by atoms with Gasteiger partial charge in [0, 0.05) is 11.1 Å². The molecule has 0 radical (unpaired) electrons. The summed E-state index contributed by atoms with van der Waals surface area (Å²) < 4.78 is 12.1. The summed E-state index contributed by atoms with van der Waals surface area (Å²) in [4.78, 5) is 12.5. The van der Waals surface area contributed by atoms with E-state index in [0.717, 1.165) is 11.4 Å². The lowest BCUT2D eigenvalue weighted by Gasteiger charge is -2.08. The molecule has 3 aromatic rings. The number of hydrogen-bond acceptors (Lipinski definition) is 4. The average Bonchev–Trinajstić information content (AvgIpc) is 2.99. The Balaban J connectivity index is 1.88. The Morgan fingerprint density at radius 3 is 2.44 bits per heavy atom. The van der Waals surface area contributed by atoms with Crippen molar-refractivity contribution in [3.05, 3.63) is 76.6 Å². The molecular weight excluding hydrogens is 364 g/mol. The first-order valence-corrected chi connectivity index (χ1v) is 8.68. The van der Waals surface area contributed by atoms with E-state index >= 15 is 0 Å². The predicted molar refractivity (Wildman–Crippen MR) is 106 cm³/mol. The standard InChI is InChI=1S/C21H19ClN2O3/c1-14-17(21(22)24(23-14)16-7-5-4-6-8-16)10-11-18(25)15-9-12-19(26-2)20(13-15)27-3/h4-13H,1-3H3. The zero-order valence-electron chi connectivity index (χ0n) is 15.3. The van der Waals surface area contributed by atoms with Crippen LogP contribution in [0.3, 0.4) is 0 Å². The maximum atomic E-state index is 12.5. The number of rotatable bonds is 6. The fourth-order valence-electron chi connectivity index (χ4n) is 2.69. The van der Waals surface area contributed by atoms with Crippen LogP contribution in [-0.2, 0) is 0 Å². The quantitative estimate of drug-likeness (QED) is 0.456. The van der Waals surface area contributed by atoms with Gasteiger partial charge in [0.15, 0.2) is 17.3 Å². The van der Waals surface area contributed by atoms with Crippen LogP contribution in [0, 0.1) is 6.92 Å². The highest BCUT2D eigenvalue weighted by Gasteiger charge is 2.13. The molecule has 0 aliphatic rings. The summed E-state index contributed by atoms with van der Waals surface area (Å²) in [6.45, 7) is 1.85. The van der Waals surface area contributed by atoms with E-state index in [1.54, 1.807) is 36.1 Å². The topological polar surface area (TPSA) is 53.3 Å². The van der Waals surface area contributed by atoms with Gasteiger partial charge in [-0.15, -0.1) is 0 Å². The van der Waals surface area contributed by atoms with E-state index < -0.39 is 0 Å². The average molecular weight is 383 g/mol. The largest absolute Gasteiger partial charge is 0.493 e. The number of methoxy groups -OCH3 is 2. The molecule has 0 aliphatic carbocycles. The van der Waals surface area contributed by atoms with Gasteiger partial charge in [-0.1, -0.05) is 29.8 Å². The lowest BCUT2D eigenvalue weighted by Crippen LogP contribution is -1.97. The summed E-state index contributed by atoms with van der Waals surface area (Å²) in [6, 6.07) is 14.6. The molecule has 0 atom stereocenters. The molecule has 0 bridgehead atoms. The van der Waals surface area contributed by atoms with Crippen LogP contribution in [0.2, 0.25) is 5.15 Å². The van der Waals surface area contributed by atoms with Gasteiger partial charge in [-0.3, -0.25) is 4.79 Å². The second kappa shape index (κ2) is 8.10. The Morgan fingerprint density at radius 2 is 1.78 bits per heavy atom. The number of para-hydroxylation sites is 1. The van der Waals surface area contributed by atoms with Crippen molar-refractivity contribution in [2.24, 2.45) is 0 Å². The van der Waals surface area contributed by atoms with E-state index in [1.807, 2.05) is 37.3 Å². The van der Waals surface area contributed by atoms with Gasteiger partial charge in [-0.05, 0) is 49.4 Å². The van der Waals surface area contributed by atoms with E-state index in [-0.39, 0.29) is 5.78 Å². The molecule has 0 saturated carbocycles. The SMILES string of the molecule is COc1ccc(C(=O)C=Cc2c(C)nn(-c3ccccc3)c2Cl)cc1OC. The molecule has 0 N–H and O–H groups in total. The number of nitrogens with zero attached hydrogens (tertiary/aromatic N) is 2. The summed E-state index contributed by atoms with van der Waals surface area (Å²) in [6.07, 6.45) is 3.16. The second-order valence-corrected chi connectivity index (χ2v) is 6.16. The Bertz CT molecular complexity index is 994. The van der Waals surface area contributed by atoms with Crippen molar-refractivity contribution < 1.29 is 14.3 Å². The molecule has 0 spiro atoms. The van der Waals surface area contributed by atoms with Crippen molar-refractivity contribution in [2.75, 3.05) is 14.2 Å². The highest BCUT2D eigenvalue weighted by Crippen LogP contribution is 2.28. The Labute approximate surface area is 162 Å². The van der Waals surface area contributed by atoms with Crippen LogP contribution in [-0.4, -0.2) is 29.8 Å². The molecule has 5 nitrogen and oxygen atoms in total. The summed E-state index contributed by atoms with van der Waals surface area (Å²) in [5.74, 6) is 0.905. The van der Waals surface area contributed by atoms with Crippen LogP contribution in [0.4, 0.5) is 0 Å². The third-order valence-corrected chi connectivity index (χ3v) is 4.48. The Hall–Kier alpha value is -3.05. The molecule has 0 fully saturated rings. The minimum Gasteiger partial charge on any atom is -0.493 e. The maximum absolute atomic E-state index is 12.5. The van der Waals surface area contributed by atoms with Gasteiger partial charge in [-0.25, -0.2) is 4.68 Å². The minimum atomic E-state index is -0.168. The first-order valence-electron chi connectivity index (χ1n) is 8.30. The number of ether oxygens (including phenoxy) is 2. The highest BCUT2D eigenvalue weighted by molar-refractivity contribution is 6.31. The molecule has 138 valence electrons. The van der Waals surface area contributed by atoms with Crippen LogP contribution in [0.1, 0.15) is 21.6 Å². The first-order chi connectivity index (χ1) is 13.0. The summed E-state index contributed by atoms with van der Waals surface area (Å²) in [5, 5.41) is 4.92. The third-order valence-electron chi connectivity index (χ3n) is 4.12. The maximum Gasteiger partial charge on any atom is 0.185 e. The van der Waals surface area contributed by atoms with Crippen molar-refractivity contribution in [3.8, 4) is 17.2 Å². The lowest BCUT2D eigenvalue weighted by atomic mass is 10.1. The molecule has 2 aromatic carbocycles. The van der Waals surface area contributed by atoms with E-state index in [1.165, 1.54) is 13.2 Å². The van der Waals surface area contributed by atoms with Gasteiger partial charge in [0.25, 0.3) is 0 Å². The van der Waals surface area contributed by atoms with E-state index in [2.05, 4.69) is 5.10 Å². The van der Waals surface area contributed by atoms with Crippen molar-refractivity contribution in [2.45, 2.75) is 6.92 Å². The van der Waals surface area contributed by atoms with Crippen molar-refractivity contribution in [3.63, 3.8) is 0 Å². The zero-order chi connectivity index (χ0) is 19.4. The number of benzene rings is 2. The van der Waals surface area contributed by atoms with Gasteiger partial charge >= 0.3 is 0 Å². The van der Waals surface area contributed by atoms with Gasteiger partial charge in [0.1, 0.15) is 5.15 Å². The van der Waals surface area contributed by atoms with Gasteiger partial charge in [-0.2, -0.15) is 5.10 Å². The van der Waals surface area contributed by atoms with E-state index in [4.69, 9.17) is 21.1 Å². The molecule has 1 heterocycles. The van der Waals surface area contributed by atoms with Gasteiger partial charge in [0.05, 0.1) is 25.6 Å². The van der Waals surface area contributed by atoms with Gasteiger partial charge < -0.3 is 9.47 Å². The number of carbonyl (C=O) groups excluding carboxylic acids is 1. The molecular formula is C21H19ClN2O3. The lowest BCUT2D eigenvalue weighted by molar-refractivity contribution is 0.104. The minimum absolute atomic E-state index is 0.168. The number of carbonyl (C=O) groups is 1. The van der Waals surface area contributed by atoms with Crippen LogP contribution in [0.5, 0.6) is 11.5 Å². The number of halogens is 1. The van der Waals surface area contributed by atoms with Crippen LogP contribution < -0.4 is 9.47 Å². The summed E-state index contributed by atoms with van der Waals surface area (Å²) in [5.41, 5.74) is 2.79. The number of allylic oxidation sites excluding steroid dienone is 1. The Kier molecular flexibility index (Phi) is 5.62. The van der Waals surface area contributed by atoms with Crippen molar-refractivity contribution in [1.29, 1.82) is 0 Å². The smallest absolute Gasteiger partial charge is 0.185 e. The Morgan fingerprint density at radius 1 is 1.07 bits per heavy atom. The van der Waals surface area contributed by atoms with Crippen LogP contribution in [0.25, 0.3) is 11.8 Å². The molecule has 0 amide bonds. The number of ketones is 1. The number of hydrogen-bond donors (Lipinski definition) is 0. The number of aryl methyl sites for hydroxylation is 1. The van der Waals surface area contributed by atoms with Gasteiger partial charge in [0.2, 0.25) is 0 Å². The molecule has 1 aromatic heterocycles. The fourth-order valence-corrected chi connectivity index (χ4v) is 3.02. The fraction of sp³-hybridized carbons (Fsp3) is 0.143. The summed E-state index contributed by atoms with van der Waals surface area (Å²) >= 11 is 6.48. The molecule has 0 unspecified atom stereocenters. The van der Waals surface area contributed by atoms with E-state index in [0.29, 0.717) is 27.8 Å². The highest BCUT2D eigenvalue weighted by atomic mass is 35.5. The first kappa shape index (κ1) is 18.7. The monoisotopic (exact) mass is 382 g/mol.